The lowest BCUT2D eigenvalue weighted by Gasteiger charge is -2.02. The molecule has 2 heterocycles. The average molecular weight is 304 g/mol. The number of rotatable bonds is 3. The van der Waals surface area contributed by atoms with Crippen LogP contribution in [0.5, 0.6) is 0 Å². The number of hydrogen-bond donors (Lipinski definition) is 1. The first-order valence-corrected chi connectivity index (χ1v) is 6.50. The molecule has 106 valence electrons. The van der Waals surface area contributed by atoms with Crippen molar-refractivity contribution in [1.29, 1.82) is 0 Å². The summed E-state index contributed by atoms with van der Waals surface area (Å²) >= 11 is 5.86. The van der Waals surface area contributed by atoms with Crippen LogP contribution in [0.4, 0.5) is 5.69 Å². The fourth-order valence-electron chi connectivity index (χ4n) is 2.18. The monoisotopic (exact) mass is 303 g/mol. The van der Waals surface area contributed by atoms with Gasteiger partial charge in [0.2, 0.25) is 0 Å². The Morgan fingerprint density at radius 2 is 1.95 bits per heavy atom. The van der Waals surface area contributed by atoms with Gasteiger partial charge in [0.05, 0.1) is 29.1 Å². The molecule has 0 fully saturated rings. The summed E-state index contributed by atoms with van der Waals surface area (Å²) in [6, 6.07) is 9.97. The third-order valence-electron chi connectivity index (χ3n) is 3.18. The van der Waals surface area contributed by atoms with Crippen LogP contribution in [0.3, 0.4) is 0 Å². The minimum atomic E-state index is -0.484. The highest BCUT2D eigenvalue weighted by molar-refractivity contribution is 6.30. The zero-order valence-corrected chi connectivity index (χ0v) is 11.5. The lowest BCUT2D eigenvalue weighted by molar-refractivity contribution is -0.385. The first-order valence-electron chi connectivity index (χ1n) is 6.12. The van der Waals surface area contributed by atoms with Crippen molar-refractivity contribution in [3.05, 3.63) is 63.4 Å². The van der Waals surface area contributed by atoms with Crippen molar-refractivity contribution in [2.24, 2.45) is 0 Å². The molecule has 2 aromatic heterocycles. The predicted molar refractivity (Wildman–Crippen MR) is 78.2 cm³/mol. The number of aromatic nitrogens is 2. The highest BCUT2D eigenvalue weighted by Crippen LogP contribution is 2.27. The van der Waals surface area contributed by atoms with E-state index in [4.69, 9.17) is 11.6 Å². The van der Waals surface area contributed by atoms with Crippen LogP contribution in [-0.4, -0.2) is 19.4 Å². The summed E-state index contributed by atoms with van der Waals surface area (Å²) in [5.41, 5.74) is 2.34. The standard InChI is InChI=1S/C14H10ClN3O3/c15-10-3-1-9(2-4-10)14-12(8-19)17-7-11(18(20)21)5-6-13(17)16-14/h1-7,19H,8H2. The van der Waals surface area contributed by atoms with Crippen LogP contribution in [0.15, 0.2) is 42.6 Å². The fourth-order valence-corrected chi connectivity index (χ4v) is 2.31. The van der Waals surface area contributed by atoms with E-state index >= 15 is 0 Å². The SMILES string of the molecule is O=[N+]([O-])c1ccc2nc(-c3ccc(Cl)cc3)c(CO)n2c1. The lowest BCUT2D eigenvalue weighted by Crippen LogP contribution is -1.96. The average Bonchev–Trinajstić information content (AvgIpc) is 2.85. The lowest BCUT2D eigenvalue weighted by atomic mass is 10.1. The maximum atomic E-state index is 10.9. The van der Waals surface area contributed by atoms with Gasteiger partial charge < -0.3 is 5.11 Å². The molecule has 0 saturated heterocycles. The normalized spacial score (nSPS) is 11.0. The van der Waals surface area contributed by atoms with Crippen LogP contribution in [0.2, 0.25) is 5.02 Å². The molecule has 3 aromatic rings. The molecule has 7 heteroatoms. The van der Waals surface area contributed by atoms with Crippen molar-refractivity contribution in [3.63, 3.8) is 0 Å². The fraction of sp³-hybridized carbons (Fsp3) is 0.0714. The van der Waals surface area contributed by atoms with E-state index in [1.807, 2.05) is 0 Å². The first kappa shape index (κ1) is 13.5. The second kappa shape index (κ2) is 5.16. The minimum Gasteiger partial charge on any atom is -0.390 e. The Balaban J connectivity index is 2.23. The van der Waals surface area contributed by atoms with Gasteiger partial charge in [-0.1, -0.05) is 23.7 Å². The highest BCUT2D eigenvalue weighted by atomic mass is 35.5. The molecule has 0 aliphatic heterocycles. The van der Waals surface area contributed by atoms with Gasteiger partial charge in [-0.15, -0.1) is 0 Å². The van der Waals surface area contributed by atoms with Gasteiger partial charge in [0, 0.05) is 16.7 Å². The first-order chi connectivity index (χ1) is 10.1. The zero-order valence-electron chi connectivity index (χ0n) is 10.7. The Morgan fingerprint density at radius 3 is 2.57 bits per heavy atom. The molecule has 0 unspecified atom stereocenters. The van der Waals surface area contributed by atoms with Crippen LogP contribution >= 0.6 is 11.6 Å². The van der Waals surface area contributed by atoms with Gasteiger partial charge in [-0.2, -0.15) is 0 Å². The van der Waals surface area contributed by atoms with Crippen molar-refractivity contribution >= 4 is 22.9 Å². The minimum absolute atomic E-state index is 0.0581. The number of fused-ring (bicyclic) bond motifs is 1. The van der Waals surface area contributed by atoms with E-state index in [1.165, 1.54) is 16.7 Å². The second-order valence-corrected chi connectivity index (χ2v) is 4.88. The van der Waals surface area contributed by atoms with Crippen LogP contribution in [0.1, 0.15) is 5.69 Å². The summed E-state index contributed by atoms with van der Waals surface area (Å²) in [5, 5.41) is 21.0. The molecular formula is C14H10ClN3O3. The Morgan fingerprint density at radius 1 is 1.24 bits per heavy atom. The van der Waals surface area contributed by atoms with Crippen molar-refractivity contribution in [1.82, 2.24) is 9.38 Å². The summed E-state index contributed by atoms with van der Waals surface area (Å²) in [4.78, 5) is 14.8. The molecule has 0 atom stereocenters. The Kier molecular flexibility index (Phi) is 3.32. The third-order valence-corrected chi connectivity index (χ3v) is 3.43. The van der Waals surface area contributed by atoms with E-state index in [1.54, 1.807) is 30.3 Å². The smallest absolute Gasteiger partial charge is 0.286 e. The predicted octanol–water partition coefficient (Wildman–Crippen LogP) is 3.06. The number of nitro groups is 1. The number of imidazole rings is 1. The van der Waals surface area contributed by atoms with E-state index in [0.29, 0.717) is 22.1 Å². The molecule has 6 nitrogen and oxygen atoms in total. The van der Waals surface area contributed by atoms with Gasteiger partial charge >= 0.3 is 0 Å². The Bertz CT molecular complexity index is 827. The summed E-state index contributed by atoms with van der Waals surface area (Å²) < 4.78 is 1.53. The number of nitrogens with zero attached hydrogens (tertiary/aromatic N) is 3. The molecule has 3 rings (SSSR count). The van der Waals surface area contributed by atoms with Gasteiger partial charge in [-0.3, -0.25) is 14.5 Å². The quantitative estimate of drug-likeness (QED) is 0.595. The van der Waals surface area contributed by atoms with E-state index in [2.05, 4.69) is 4.98 Å². The van der Waals surface area contributed by atoms with Gasteiger partial charge in [-0.25, -0.2) is 4.98 Å². The van der Waals surface area contributed by atoms with E-state index in [9.17, 15) is 15.2 Å². The van der Waals surface area contributed by atoms with E-state index in [0.717, 1.165) is 5.56 Å². The molecule has 1 N–H and O–H groups in total. The molecule has 21 heavy (non-hydrogen) atoms. The van der Waals surface area contributed by atoms with Gasteiger partial charge in [0.25, 0.3) is 5.69 Å². The van der Waals surface area contributed by atoms with E-state index < -0.39 is 4.92 Å². The number of halogens is 1. The summed E-state index contributed by atoms with van der Waals surface area (Å²) in [6.07, 6.45) is 1.35. The number of pyridine rings is 1. The molecule has 0 radical (unpaired) electrons. The molecule has 0 aliphatic carbocycles. The summed E-state index contributed by atoms with van der Waals surface area (Å²) in [7, 11) is 0. The molecule has 0 bridgehead atoms. The Hall–Kier alpha value is -2.44. The van der Waals surface area contributed by atoms with Crippen LogP contribution < -0.4 is 0 Å². The highest BCUT2D eigenvalue weighted by Gasteiger charge is 2.16. The molecule has 1 aromatic carbocycles. The molecule has 0 aliphatic rings. The number of benzene rings is 1. The largest absolute Gasteiger partial charge is 0.390 e. The van der Waals surface area contributed by atoms with Gasteiger partial charge in [0.15, 0.2) is 0 Å². The second-order valence-electron chi connectivity index (χ2n) is 4.44. The molecule has 0 saturated carbocycles. The van der Waals surface area contributed by atoms with Crippen molar-refractivity contribution in [2.75, 3.05) is 0 Å². The molecular weight excluding hydrogens is 294 g/mol. The number of aliphatic hydroxyl groups is 1. The summed E-state index contributed by atoms with van der Waals surface area (Å²) in [6.45, 7) is -0.277. The topological polar surface area (TPSA) is 80.7 Å². The van der Waals surface area contributed by atoms with E-state index in [-0.39, 0.29) is 12.3 Å². The number of hydrogen-bond acceptors (Lipinski definition) is 4. The van der Waals surface area contributed by atoms with Crippen LogP contribution in [0.25, 0.3) is 16.9 Å². The molecule has 0 spiro atoms. The van der Waals surface area contributed by atoms with Crippen LogP contribution in [-0.2, 0) is 6.61 Å². The van der Waals surface area contributed by atoms with Gasteiger partial charge in [0.1, 0.15) is 5.65 Å². The van der Waals surface area contributed by atoms with Crippen LogP contribution in [0, 0.1) is 10.1 Å². The summed E-state index contributed by atoms with van der Waals surface area (Å²) in [5.74, 6) is 0. The Labute approximate surface area is 124 Å². The molecule has 0 amide bonds. The van der Waals surface area contributed by atoms with Crippen molar-refractivity contribution in [3.8, 4) is 11.3 Å². The maximum absolute atomic E-state index is 10.9. The number of aliphatic hydroxyl groups excluding tert-OH is 1. The maximum Gasteiger partial charge on any atom is 0.286 e. The van der Waals surface area contributed by atoms with Gasteiger partial charge in [-0.05, 0) is 18.2 Å². The zero-order chi connectivity index (χ0) is 15.0. The third kappa shape index (κ3) is 2.35. The van der Waals surface area contributed by atoms with Crippen molar-refractivity contribution in [2.45, 2.75) is 6.61 Å². The van der Waals surface area contributed by atoms with Crippen molar-refractivity contribution < 1.29 is 10.0 Å².